The fourth-order valence-electron chi connectivity index (χ4n) is 1.26. The largest absolute Gasteiger partial charge is 0.506 e. The number of nitrogens with zero attached hydrogens (tertiary/aromatic N) is 4. The quantitative estimate of drug-likeness (QED) is 0.657. The zero-order chi connectivity index (χ0) is 13.0. The van der Waals surface area contributed by atoms with E-state index in [1.54, 1.807) is 0 Å². The molecule has 0 unspecified atom stereocenters. The molecule has 0 aliphatic rings. The molecule has 0 aromatic carbocycles. The first-order chi connectivity index (χ1) is 8.74. The third kappa shape index (κ3) is 2.32. The summed E-state index contributed by atoms with van der Waals surface area (Å²) >= 11 is 0. The monoisotopic (exact) mass is 242 g/mol. The third-order valence-electron chi connectivity index (χ3n) is 2.01. The maximum Gasteiger partial charge on any atom is 0.248 e. The summed E-state index contributed by atoms with van der Waals surface area (Å²) in [6.45, 7) is 7.05. The molecule has 1 N–H and O–H groups in total. The molecule has 2 heterocycles. The van der Waals surface area contributed by atoms with Gasteiger partial charge in [-0.2, -0.15) is 0 Å². The number of allylic oxidation sites excluding steroid dienone is 1. The van der Waals surface area contributed by atoms with Crippen molar-refractivity contribution < 1.29 is 9.52 Å². The molecule has 0 saturated carbocycles. The van der Waals surface area contributed by atoms with Crippen molar-refractivity contribution >= 4 is 23.3 Å². The normalized spacial score (nSPS) is 12.1. The summed E-state index contributed by atoms with van der Waals surface area (Å²) in [7, 11) is 0. The molecule has 0 spiro atoms. The van der Waals surface area contributed by atoms with E-state index in [4.69, 9.17) is 4.42 Å². The lowest BCUT2D eigenvalue weighted by atomic mass is 10.3. The van der Waals surface area contributed by atoms with E-state index in [1.165, 1.54) is 30.9 Å². The van der Waals surface area contributed by atoms with Crippen molar-refractivity contribution in [2.45, 2.75) is 0 Å². The van der Waals surface area contributed by atoms with Gasteiger partial charge in [-0.25, -0.2) is 20.0 Å². The summed E-state index contributed by atoms with van der Waals surface area (Å²) in [6.07, 6.45) is 5.43. The molecule has 0 atom stereocenters. The van der Waals surface area contributed by atoms with Crippen molar-refractivity contribution in [2.24, 2.45) is 9.98 Å². The predicted molar refractivity (Wildman–Crippen MR) is 68.9 cm³/mol. The minimum Gasteiger partial charge on any atom is -0.506 e. The van der Waals surface area contributed by atoms with Crippen LogP contribution in [0.1, 0.15) is 5.89 Å². The second kappa shape index (κ2) is 5.05. The second-order valence-electron chi connectivity index (χ2n) is 3.20. The molecule has 2 rings (SSSR count). The molecule has 6 nitrogen and oxygen atoms in total. The van der Waals surface area contributed by atoms with E-state index in [9.17, 15) is 5.11 Å². The van der Waals surface area contributed by atoms with Gasteiger partial charge in [-0.15, -0.1) is 0 Å². The van der Waals surface area contributed by atoms with Gasteiger partial charge in [0.15, 0.2) is 0 Å². The second-order valence-corrected chi connectivity index (χ2v) is 3.20. The number of rotatable bonds is 4. The number of fused-ring (bicyclic) bond motifs is 1. The Kier molecular flexibility index (Phi) is 3.29. The Morgan fingerprint density at radius 3 is 3.00 bits per heavy atom. The molecular weight excluding hydrogens is 232 g/mol. The van der Waals surface area contributed by atoms with E-state index in [1.807, 2.05) is 0 Å². The van der Waals surface area contributed by atoms with Gasteiger partial charge in [-0.1, -0.05) is 13.2 Å². The number of pyridine rings is 1. The SMILES string of the molecule is C=CN=CN=C(C=C)c1nc2cc(O)cnc2o1. The zero-order valence-electron chi connectivity index (χ0n) is 9.45. The third-order valence-corrected chi connectivity index (χ3v) is 2.01. The van der Waals surface area contributed by atoms with Gasteiger partial charge in [0.05, 0.1) is 6.20 Å². The average Bonchev–Trinajstić information content (AvgIpc) is 2.77. The first-order valence-corrected chi connectivity index (χ1v) is 5.03. The van der Waals surface area contributed by atoms with Crippen LogP contribution in [-0.4, -0.2) is 27.1 Å². The highest BCUT2D eigenvalue weighted by Crippen LogP contribution is 2.18. The highest BCUT2D eigenvalue weighted by atomic mass is 16.4. The molecule has 2 aromatic rings. The predicted octanol–water partition coefficient (Wildman–Crippen LogP) is 2.08. The van der Waals surface area contributed by atoms with Crippen LogP contribution in [0, 0.1) is 0 Å². The Labute approximate surface area is 103 Å². The average molecular weight is 242 g/mol. The first kappa shape index (κ1) is 11.7. The zero-order valence-corrected chi connectivity index (χ0v) is 9.45. The molecule has 18 heavy (non-hydrogen) atoms. The molecule has 0 fully saturated rings. The van der Waals surface area contributed by atoms with Crippen molar-refractivity contribution in [2.75, 3.05) is 0 Å². The summed E-state index contributed by atoms with van der Waals surface area (Å²) in [5, 5.41) is 9.28. The minimum absolute atomic E-state index is 0.0210. The van der Waals surface area contributed by atoms with Crippen molar-refractivity contribution in [3.63, 3.8) is 0 Å². The van der Waals surface area contributed by atoms with Crippen LogP contribution in [0.15, 0.2) is 52.1 Å². The van der Waals surface area contributed by atoms with Crippen LogP contribution < -0.4 is 0 Å². The first-order valence-electron chi connectivity index (χ1n) is 5.03. The van der Waals surface area contributed by atoms with E-state index in [0.717, 1.165) is 0 Å². The lowest BCUT2D eigenvalue weighted by Gasteiger charge is -1.89. The Bertz CT molecular complexity index is 655. The molecule has 0 bridgehead atoms. The highest BCUT2D eigenvalue weighted by Gasteiger charge is 2.10. The van der Waals surface area contributed by atoms with Gasteiger partial charge >= 0.3 is 0 Å². The van der Waals surface area contributed by atoms with E-state index >= 15 is 0 Å². The van der Waals surface area contributed by atoms with E-state index in [0.29, 0.717) is 16.9 Å². The van der Waals surface area contributed by atoms with Crippen LogP contribution in [0.3, 0.4) is 0 Å². The molecule has 0 radical (unpaired) electrons. The summed E-state index contributed by atoms with van der Waals surface area (Å²) in [4.78, 5) is 15.8. The van der Waals surface area contributed by atoms with Gasteiger partial charge in [0, 0.05) is 12.3 Å². The fourth-order valence-corrected chi connectivity index (χ4v) is 1.26. The summed E-state index contributed by atoms with van der Waals surface area (Å²) in [5.41, 5.74) is 1.18. The minimum atomic E-state index is 0.0210. The summed E-state index contributed by atoms with van der Waals surface area (Å²) in [5.74, 6) is 0.279. The molecule has 0 aliphatic heterocycles. The van der Waals surface area contributed by atoms with E-state index in [2.05, 4.69) is 33.1 Å². The molecule has 0 aliphatic carbocycles. The van der Waals surface area contributed by atoms with E-state index in [-0.39, 0.29) is 11.6 Å². The van der Waals surface area contributed by atoms with Crippen molar-refractivity contribution in [3.8, 4) is 5.75 Å². The summed E-state index contributed by atoms with van der Waals surface area (Å²) < 4.78 is 5.38. The van der Waals surface area contributed by atoms with Crippen molar-refractivity contribution in [1.82, 2.24) is 9.97 Å². The van der Waals surface area contributed by atoms with Gasteiger partial charge in [0.1, 0.15) is 23.3 Å². The van der Waals surface area contributed by atoms with Gasteiger partial charge in [0.25, 0.3) is 0 Å². The maximum atomic E-state index is 9.28. The standard InChI is InChI=1S/C12H10N4O2/c1-3-9(15-7-13-4-2)12-16-10-5-8(17)6-14-11(10)18-12/h3-7,17H,1-2H2. The molecule has 90 valence electrons. The topological polar surface area (TPSA) is 83.9 Å². The molecule has 0 amide bonds. The molecule has 0 saturated heterocycles. The smallest absolute Gasteiger partial charge is 0.248 e. The number of hydrogen-bond acceptors (Lipinski definition) is 5. The Hall–Kier alpha value is -2.76. The van der Waals surface area contributed by atoms with E-state index < -0.39 is 0 Å². The number of hydrogen-bond donors (Lipinski definition) is 1. The Balaban J connectivity index is 2.45. The lowest BCUT2D eigenvalue weighted by Crippen LogP contribution is -1.96. The van der Waals surface area contributed by atoms with Crippen molar-refractivity contribution in [1.29, 1.82) is 0 Å². The van der Waals surface area contributed by atoms with Crippen LogP contribution >= 0.6 is 0 Å². The lowest BCUT2D eigenvalue weighted by molar-refractivity contribution is 0.473. The van der Waals surface area contributed by atoms with Crippen LogP contribution in [-0.2, 0) is 0 Å². The molecular formula is C12H10N4O2. The summed E-state index contributed by atoms with van der Waals surface area (Å²) in [6, 6.07) is 1.45. The van der Waals surface area contributed by atoms with Crippen LogP contribution in [0.25, 0.3) is 11.2 Å². The Morgan fingerprint density at radius 1 is 1.44 bits per heavy atom. The van der Waals surface area contributed by atoms with Gasteiger partial charge in [-0.3, -0.25) is 0 Å². The van der Waals surface area contributed by atoms with Crippen LogP contribution in [0.2, 0.25) is 0 Å². The Morgan fingerprint density at radius 2 is 2.28 bits per heavy atom. The van der Waals surface area contributed by atoms with Gasteiger partial charge in [0.2, 0.25) is 11.6 Å². The highest BCUT2D eigenvalue weighted by molar-refractivity contribution is 6.09. The number of aliphatic imine (C=N–C) groups is 2. The number of aromatic nitrogens is 2. The maximum absolute atomic E-state index is 9.28. The molecule has 6 heteroatoms. The van der Waals surface area contributed by atoms with Crippen molar-refractivity contribution in [3.05, 3.63) is 43.6 Å². The number of oxazole rings is 1. The van der Waals surface area contributed by atoms with Gasteiger partial charge < -0.3 is 9.52 Å². The number of aromatic hydroxyl groups is 1. The van der Waals surface area contributed by atoms with Crippen LogP contribution in [0.5, 0.6) is 5.75 Å². The van der Waals surface area contributed by atoms with Gasteiger partial charge in [-0.05, 0) is 6.08 Å². The fraction of sp³-hybridized carbons (Fsp3) is 0. The van der Waals surface area contributed by atoms with Crippen LogP contribution in [0.4, 0.5) is 0 Å². The molecule has 2 aromatic heterocycles.